The van der Waals surface area contributed by atoms with Gasteiger partial charge >= 0.3 is 0 Å². The molecular weight excluding hydrogens is 214 g/mol. The monoisotopic (exact) mass is 231 g/mol. The quantitative estimate of drug-likeness (QED) is 0.796. The summed E-state index contributed by atoms with van der Waals surface area (Å²) >= 11 is 0. The summed E-state index contributed by atoms with van der Waals surface area (Å²) in [5.41, 5.74) is 13.5. The molecule has 2 unspecified atom stereocenters. The van der Waals surface area contributed by atoms with E-state index in [-0.39, 0.29) is 6.04 Å². The highest BCUT2D eigenvalue weighted by Gasteiger charge is 2.32. The van der Waals surface area contributed by atoms with Crippen LogP contribution in [0, 0.1) is 6.92 Å². The van der Waals surface area contributed by atoms with E-state index < -0.39 is 5.54 Å². The number of aryl methyl sites for hydroxylation is 1. The molecule has 0 radical (unpaired) electrons. The highest BCUT2D eigenvalue weighted by atomic mass is 16.5. The topological polar surface area (TPSA) is 74.2 Å². The molecule has 0 saturated heterocycles. The average molecular weight is 231 g/mol. The first-order valence-corrected chi connectivity index (χ1v) is 5.49. The van der Waals surface area contributed by atoms with Gasteiger partial charge in [0.25, 0.3) is 0 Å². The van der Waals surface area contributed by atoms with E-state index >= 15 is 0 Å². The van der Waals surface area contributed by atoms with Crippen molar-refractivity contribution in [3.8, 4) is 5.88 Å². The molecule has 0 spiro atoms. The molecule has 4 heteroatoms. The van der Waals surface area contributed by atoms with Crippen molar-refractivity contribution in [1.29, 1.82) is 0 Å². The summed E-state index contributed by atoms with van der Waals surface area (Å²) in [4.78, 5) is 4.24. The van der Waals surface area contributed by atoms with E-state index in [4.69, 9.17) is 16.2 Å². The minimum Gasteiger partial charge on any atom is -0.481 e. The number of nitrogens with two attached hydrogens (primary N) is 2. The zero-order chi connectivity index (χ0) is 12.5. The van der Waals surface area contributed by atoms with Crippen LogP contribution in [0.25, 0.3) is 0 Å². The van der Waals surface area contributed by atoms with E-state index in [1.54, 1.807) is 13.3 Å². The molecule has 1 aliphatic carbocycles. The number of methoxy groups -OCH3 is 1. The summed E-state index contributed by atoms with van der Waals surface area (Å²) in [6.07, 6.45) is 9.32. The smallest absolute Gasteiger partial charge is 0.215 e. The third kappa shape index (κ3) is 1.97. The first kappa shape index (κ1) is 11.8. The van der Waals surface area contributed by atoms with Crippen molar-refractivity contribution in [3.63, 3.8) is 0 Å². The van der Waals surface area contributed by atoms with Crippen LogP contribution < -0.4 is 16.2 Å². The summed E-state index contributed by atoms with van der Waals surface area (Å²) in [7, 11) is 1.60. The molecule has 2 rings (SSSR count). The lowest BCUT2D eigenvalue weighted by atomic mass is 9.82. The SMILES string of the molecule is COc1ncc(C2(N)C=CC=CC2N)cc1C. The van der Waals surface area contributed by atoms with Crippen LogP contribution in [0.2, 0.25) is 0 Å². The third-order valence-electron chi connectivity index (χ3n) is 3.08. The van der Waals surface area contributed by atoms with Gasteiger partial charge in [-0.3, -0.25) is 0 Å². The lowest BCUT2D eigenvalue weighted by molar-refractivity contribution is 0.392. The van der Waals surface area contributed by atoms with Crippen molar-refractivity contribution >= 4 is 0 Å². The standard InChI is InChI=1S/C13H17N3O/c1-9-7-10(8-16-12(9)17-2)13(15)6-4-3-5-11(13)14/h3-8,11H,14-15H2,1-2H3. The maximum Gasteiger partial charge on any atom is 0.215 e. The summed E-state index contributed by atoms with van der Waals surface area (Å²) < 4.78 is 5.13. The molecule has 0 aliphatic heterocycles. The fraction of sp³-hybridized carbons (Fsp3) is 0.308. The maximum atomic E-state index is 6.34. The lowest BCUT2D eigenvalue weighted by Crippen LogP contribution is -2.51. The van der Waals surface area contributed by atoms with Crippen molar-refractivity contribution < 1.29 is 4.74 Å². The lowest BCUT2D eigenvalue weighted by Gasteiger charge is -2.33. The largest absolute Gasteiger partial charge is 0.481 e. The molecule has 0 amide bonds. The Labute approximate surface area is 101 Å². The minimum absolute atomic E-state index is 0.248. The number of allylic oxidation sites excluding steroid dienone is 2. The fourth-order valence-corrected chi connectivity index (χ4v) is 1.97. The van der Waals surface area contributed by atoms with Crippen molar-refractivity contribution in [2.45, 2.75) is 18.5 Å². The number of aromatic nitrogens is 1. The molecular formula is C13H17N3O. The van der Waals surface area contributed by atoms with E-state index in [1.807, 2.05) is 37.3 Å². The van der Waals surface area contributed by atoms with E-state index in [1.165, 1.54) is 0 Å². The molecule has 90 valence electrons. The molecule has 0 bridgehead atoms. The molecule has 4 nitrogen and oxygen atoms in total. The number of hydrogen-bond acceptors (Lipinski definition) is 4. The molecule has 17 heavy (non-hydrogen) atoms. The predicted octanol–water partition coefficient (Wildman–Crippen LogP) is 1.01. The maximum absolute atomic E-state index is 6.34. The first-order chi connectivity index (χ1) is 8.08. The van der Waals surface area contributed by atoms with E-state index in [0.29, 0.717) is 5.88 Å². The molecule has 1 aromatic heterocycles. The Morgan fingerprint density at radius 2 is 2.18 bits per heavy atom. The Morgan fingerprint density at radius 3 is 2.76 bits per heavy atom. The molecule has 1 heterocycles. The number of ether oxygens (including phenoxy) is 1. The second-order valence-electron chi connectivity index (χ2n) is 4.25. The van der Waals surface area contributed by atoms with E-state index in [2.05, 4.69) is 4.98 Å². The average Bonchev–Trinajstić information content (AvgIpc) is 2.33. The van der Waals surface area contributed by atoms with Crippen LogP contribution >= 0.6 is 0 Å². The summed E-state index contributed by atoms with van der Waals surface area (Å²) in [5, 5.41) is 0. The van der Waals surface area contributed by atoms with Gasteiger partial charge in [-0.05, 0) is 18.6 Å². The van der Waals surface area contributed by atoms with Gasteiger partial charge in [-0.25, -0.2) is 4.98 Å². The van der Waals surface area contributed by atoms with Crippen molar-refractivity contribution in [1.82, 2.24) is 4.98 Å². The van der Waals surface area contributed by atoms with Crippen molar-refractivity contribution in [2.24, 2.45) is 11.5 Å². The van der Waals surface area contributed by atoms with E-state index in [9.17, 15) is 0 Å². The van der Waals surface area contributed by atoms with Gasteiger partial charge in [0, 0.05) is 17.8 Å². The summed E-state index contributed by atoms with van der Waals surface area (Å²) in [6.45, 7) is 1.94. The Bertz CT molecular complexity index is 482. The van der Waals surface area contributed by atoms with Crippen LogP contribution in [0.5, 0.6) is 5.88 Å². The molecule has 0 saturated carbocycles. The fourth-order valence-electron chi connectivity index (χ4n) is 1.97. The van der Waals surface area contributed by atoms with Gasteiger partial charge in [-0.15, -0.1) is 0 Å². The molecule has 1 aromatic rings. The van der Waals surface area contributed by atoms with Gasteiger partial charge in [-0.2, -0.15) is 0 Å². The van der Waals surface area contributed by atoms with Gasteiger partial charge in [-0.1, -0.05) is 24.3 Å². The van der Waals surface area contributed by atoms with Crippen LogP contribution in [0.1, 0.15) is 11.1 Å². The van der Waals surface area contributed by atoms with Crippen molar-refractivity contribution in [3.05, 3.63) is 47.7 Å². The highest BCUT2D eigenvalue weighted by molar-refractivity contribution is 5.40. The van der Waals surface area contributed by atoms with Crippen LogP contribution in [-0.2, 0) is 5.54 Å². The summed E-state index contributed by atoms with van der Waals surface area (Å²) in [5.74, 6) is 0.612. The number of nitrogens with zero attached hydrogens (tertiary/aromatic N) is 1. The van der Waals surface area contributed by atoms with Gasteiger partial charge in [0.05, 0.1) is 12.6 Å². The van der Waals surface area contributed by atoms with Crippen molar-refractivity contribution in [2.75, 3.05) is 7.11 Å². The number of rotatable bonds is 2. The number of hydrogen-bond donors (Lipinski definition) is 2. The number of pyridine rings is 1. The van der Waals surface area contributed by atoms with Gasteiger partial charge in [0.2, 0.25) is 5.88 Å². The Morgan fingerprint density at radius 1 is 1.41 bits per heavy atom. The second kappa shape index (κ2) is 4.31. The van der Waals surface area contributed by atoms with Crippen LogP contribution in [0.3, 0.4) is 0 Å². The van der Waals surface area contributed by atoms with Crippen LogP contribution in [-0.4, -0.2) is 18.1 Å². The molecule has 0 fully saturated rings. The van der Waals surface area contributed by atoms with E-state index in [0.717, 1.165) is 11.1 Å². The molecule has 1 aliphatic rings. The van der Waals surface area contributed by atoms with Crippen LogP contribution in [0.4, 0.5) is 0 Å². The predicted molar refractivity (Wildman–Crippen MR) is 67.6 cm³/mol. The zero-order valence-corrected chi connectivity index (χ0v) is 10.1. The highest BCUT2D eigenvalue weighted by Crippen LogP contribution is 2.28. The first-order valence-electron chi connectivity index (χ1n) is 5.49. The third-order valence-corrected chi connectivity index (χ3v) is 3.08. The van der Waals surface area contributed by atoms with Crippen LogP contribution in [0.15, 0.2) is 36.6 Å². The molecule has 0 aromatic carbocycles. The second-order valence-corrected chi connectivity index (χ2v) is 4.25. The van der Waals surface area contributed by atoms with Gasteiger partial charge in [0.15, 0.2) is 0 Å². The summed E-state index contributed by atoms with van der Waals surface area (Å²) in [6, 6.07) is 1.72. The van der Waals surface area contributed by atoms with Gasteiger partial charge in [0.1, 0.15) is 0 Å². The molecule has 4 N–H and O–H groups in total. The minimum atomic E-state index is -0.696. The Hall–Kier alpha value is -1.65. The molecule has 2 atom stereocenters. The normalized spacial score (nSPS) is 27.2. The van der Waals surface area contributed by atoms with Gasteiger partial charge < -0.3 is 16.2 Å². The zero-order valence-electron chi connectivity index (χ0n) is 10.1. The Kier molecular flexibility index (Phi) is 3.00. The Balaban J connectivity index is 2.43.